The zero-order valence-electron chi connectivity index (χ0n) is 9.61. The van der Waals surface area contributed by atoms with Gasteiger partial charge in [0.15, 0.2) is 0 Å². The fraction of sp³-hybridized carbons (Fsp3) is 0.500. The average molecular weight is 244 g/mol. The number of hydrogen-bond donors (Lipinski definition) is 2. The van der Waals surface area contributed by atoms with Crippen molar-refractivity contribution in [3.05, 3.63) is 29.8 Å². The molecule has 0 aliphatic heterocycles. The summed E-state index contributed by atoms with van der Waals surface area (Å²) in [4.78, 5) is 0. The van der Waals surface area contributed by atoms with Gasteiger partial charge in [-0.25, -0.2) is 0 Å². The maximum atomic E-state index is 12.2. The summed E-state index contributed by atoms with van der Waals surface area (Å²) < 4.78 is 28.8. The smallest absolute Gasteiger partial charge is 0.387 e. The van der Waals surface area contributed by atoms with Crippen LogP contribution in [0.1, 0.15) is 30.9 Å². The summed E-state index contributed by atoms with van der Waals surface area (Å²) >= 11 is 0. The largest absolute Gasteiger partial charge is 0.434 e. The number of alkyl halides is 2. The highest BCUT2D eigenvalue weighted by atomic mass is 19.3. The molecule has 0 fully saturated rings. The predicted molar refractivity (Wildman–Crippen MR) is 62.9 cm³/mol. The molecule has 0 spiro atoms. The summed E-state index contributed by atoms with van der Waals surface area (Å²) in [7, 11) is 0. The van der Waals surface area contributed by atoms with Crippen LogP contribution >= 0.6 is 0 Å². The lowest BCUT2D eigenvalue weighted by molar-refractivity contribution is -0.0506. The number of ether oxygens (including phenoxy) is 1. The summed E-state index contributed by atoms with van der Waals surface area (Å²) in [6, 6.07) is 6.33. The second-order valence-electron chi connectivity index (χ2n) is 3.81. The predicted octanol–water partition coefficient (Wildman–Crippen LogP) is 2.42. The summed E-state index contributed by atoms with van der Waals surface area (Å²) in [6.45, 7) is -2.21. The van der Waals surface area contributed by atoms with E-state index in [-0.39, 0.29) is 11.8 Å². The lowest BCUT2D eigenvalue weighted by Crippen LogP contribution is -2.14. The Kier molecular flexibility index (Phi) is 5.86. The van der Waals surface area contributed by atoms with Crippen molar-refractivity contribution in [3.8, 4) is 5.75 Å². The number of benzene rings is 1. The molecule has 1 aromatic rings. The number of para-hydroxylation sites is 1. The van der Waals surface area contributed by atoms with Gasteiger partial charge < -0.3 is 16.2 Å². The normalized spacial score (nSPS) is 12.8. The number of rotatable bonds is 7. The summed E-state index contributed by atoms with van der Waals surface area (Å²) in [5.41, 5.74) is 11.9. The van der Waals surface area contributed by atoms with Gasteiger partial charge in [0.25, 0.3) is 0 Å². The number of halogens is 2. The molecule has 1 rings (SSSR count). The quantitative estimate of drug-likeness (QED) is 0.724. The molecule has 0 aliphatic carbocycles. The minimum Gasteiger partial charge on any atom is -0.434 e. The Balaban J connectivity index is 2.67. The third-order valence-corrected chi connectivity index (χ3v) is 2.50. The topological polar surface area (TPSA) is 61.3 Å². The number of nitrogens with two attached hydrogens (primary N) is 2. The highest BCUT2D eigenvalue weighted by Gasteiger charge is 2.14. The van der Waals surface area contributed by atoms with Crippen LogP contribution in [-0.4, -0.2) is 13.2 Å². The van der Waals surface area contributed by atoms with Crippen LogP contribution in [0, 0.1) is 0 Å². The van der Waals surface area contributed by atoms with Gasteiger partial charge in [0.05, 0.1) is 0 Å². The van der Waals surface area contributed by atoms with Crippen molar-refractivity contribution < 1.29 is 13.5 Å². The van der Waals surface area contributed by atoms with Gasteiger partial charge in [-0.1, -0.05) is 24.6 Å². The van der Waals surface area contributed by atoms with Crippen LogP contribution in [0.4, 0.5) is 8.78 Å². The zero-order chi connectivity index (χ0) is 12.7. The molecule has 0 radical (unpaired) electrons. The van der Waals surface area contributed by atoms with Gasteiger partial charge in [-0.15, -0.1) is 0 Å². The second kappa shape index (κ2) is 7.19. The van der Waals surface area contributed by atoms with E-state index in [9.17, 15) is 8.78 Å². The van der Waals surface area contributed by atoms with E-state index in [4.69, 9.17) is 11.5 Å². The van der Waals surface area contributed by atoms with Crippen LogP contribution in [0.2, 0.25) is 0 Å². The minimum absolute atomic E-state index is 0.155. The summed E-state index contributed by atoms with van der Waals surface area (Å²) in [6.07, 6.45) is 2.47. The molecule has 5 heteroatoms. The molecule has 0 amide bonds. The average Bonchev–Trinajstić information content (AvgIpc) is 2.29. The van der Waals surface area contributed by atoms with E-state index in [2.05, 4.69) is 4.74 Å². The van der Waals surface area contributed by atoms with Crippen molar-refractivity contribution >= 4 is 0 Å². The Morgan fingerprint density at radius 1 is 1.18 bits per heavy atom. The van der Waals surface area contributed by atoms with Crippen molar-refractivity contribution in [3.63, 3.8) is 0 Å². The molecule has 1 atom stereocenters. The number of hydrogen-bond acceptors (Lipinski definition) is 3. The lowest BCUT2D eigenvalue weighted by Gasteiger charge is -2.16. The van der Waals surface area contributed by atoms with Crippen LogP contribution in [0.25, 0.3) is 0 Å². The molecule has 0 heterocycles. The molecule has 4 N–H and O–H groups in total. The van der Waals surface area contributed by atoms with E-state index in [0.29, 0.717) is 18.5 Å². The molecule has 17 heavy (non-hydrogen) atoms. The van der Waals surface area contributed by atoms with Gasteiger partial charge in [-0.3, -0.25) is 0 Å². The maximum absolute atomic E-state index is 12.2. The lowest BCUT2D eigenvalue weighted by atomic mass is 10.0. The van der Waals surface area contributed by atoms with Crippen molar-refractivity contribution in [2.75, 3.05) is 6.54 Å². The SMILES string of the molecule is NCCCC[C@@H](N)c1ccccc1OC(F)F. The number of unbranched alkanes of at least 4 members (excludes halogenated alkanes) is 1. The molecular formula is C12H18F2N2O. The first-order chi connectivity index (χ1) is 8.15. The first-order valence-electron chi connectivity index (χ1n) is 5.64. The molecule has 0 unspecified atom stereocenters. The monoisotopic (exact) mass is 244 g/mol. The molecular weight excluding hydrogens is 226 g/mol. The van der Waals surface area contributed by atoms with Gasteiger partial charge in [0.1, 0.15) is 5.75 Å². The van der Waals surface area contributed by atoms with E-state index < -0.39 is 6.61 Å². The Hall–Kier alpha value is -1.20. The van der Waals surface area contributed by atoms with Crippen LogP contribution < -0.4 is 16.2 Å². The van der Waals surface area contributed by atoms with Crippen LogP contribution in [0.3, 0.4) is 0 Å². The summed E-state index contributed by atoms with van der Waals surface area (Å²) in [5, 5.41) is 0. The minimum atomic E-state index is -2.83. The molecule has 0 aromatic heterocycles. The van der Waals surface area contributed by atoms with Crippen molar-refractivity contribution in [1.29, 1.82) is 0 Å². The second-order valence-corrected chi connectivity index (χ2v) is 3.81. The third kappa shape index (κ3) is 4.66. The Morgan fingerprint density at radius 2 is 1.88 bits per heavy atom. The van der Waals surface area contributed by atoms with E-state index in [0.717, 1.165) is 12.8 Å². The van der Waals surface area contributed by atoms with E-state index in [1.807, 2.05) is 0 Å². The van der Waals surface area contributed by atoms with Crippen LogP contribution in [0.15, 0.2) is 24.3 Å². The zero-order valence-corrected chi connectivity index (χ0v) is 9.61. The Bertz CT molecular complexity index is 334. The van der Waals surface area contributed by atoms with Gasteiger partial charge in [0, 0.05) is 11.6 Å². The van der Waals surface area contributed by atoms with Gasteiger partial charge in [-0.05, 0) is 25.5 Å². The molecule has 0 saturated carbocycles. The fourth-order valence-corrected chi connectivity index (χ4v) is 1.65. The van der Waals surface area contributed by atoms with Gasteiger partial charge >= 0.3 is 6.61 Å². The van der Waals surface area contributed by atoms with Crippen LogP contribution in [-0.2, 0) is 0 Å². The first-order valence-corrected chi connectivity index (χ1v) is 5.64. The van der Waals surface area contributed by atoms with Crippen molar-refractivity contribution in [2.45, 2.75) is 31.9 Å². The molecule has 1 aromatic carbocycles. The Labute approximate surface area is 99.7 Å². The van der Waals surface area contributed by atoms with Gasteiger partial charge in [0.2, 0.25) is 0 Å². The van der Waals surface area contributed by atoms with Crippen molar-refractivity contribution in [2.24, 2.45) is 11.5 Å². The first kappa shape index (κ1) is 13.9. The highest BCUT2D eigenvalue weighted by molar-refractivity contribution is 5.35. The van der Waals surface area contributed by atoms with E-state index in [1.54, 1.807) is 18.2 Å². The molecule has 96 valence electrons. The molecule has 0 aliphatic rings. The van der Waals surface area contributed by atoms with Crippen LogP contribution in [0.5, 0.6) is 5.75 Å². The Morgan fingerprint density at radius 3 is 2.53 bits per heavy atom. The fourth-order valence-electron chi connectivity index (χ4n) is 1.65. The van der Waals surface area contributed by atoms with Crippen molar-refractivity contribution in [1.82, 2.24) is 0 Å². The highest BCUT2D eigenvalue weighted by Crippen LogP contribution is 2.27. The third-order valence-electron chi connectivity index (χ3n) is 2.50. The van der Waals surface area contributed by atoms with E-state index in [1.165, 1.54) is 6.07 Å². The standard InChI is InChI=1S/C12H18F2N2O/c13-12(14)17-11-7-2-1-5-9(11)10(16)6-3-4-8-15/h1-2,5,7,10,12H,3-4,6,8,15-16H2/t10-/m1/s1. The van der Waals surface area contributed by atoms with E-state index >= 15 is 0 Å². The molecule has 0 bridgehead atoms. The molecule has 3 nitrogen and oxygen atoms in total. The maximum Gasteiger partial charge on any atom is 0.387 e. The molecule has 0 saturated heterocycles. The summed E-state index contributed by atoms with van der Waals surface area (Å²) in [5.74, 6) is 0.155. The van der Waals surface area contributed by atoms with Gasteiger partial charge in [-0.2, -0.15) is 8.78 Å².